The molecule has 1 N–H and O–H groups in total. The Morgan fingerprint density at radius 2 is 1.83 bits per heavy atom. The van der Waals surface area contributed by atoms with Crippen molar-refractivity contribution in [3.8, 4) is 5.75 Å². The minimum atomic E-state index is 0.627. The smallest absolute Gasteiger partial charge is 0.125 e. The molecule has 0 spiro atoms. The van der Waals surface area contributed by atoms with E-state index in [1.165, 1.54) is 67.5 Å². The molecule has 1 saturated heterocycles. The Balaban J connectivity index is 1.70. The average Bonchev–Trinajstić information content (AvgIpc) is 3.20. The molecule has 1 aromatic rings. The van der Waals surface area contributed by atoms with Crippen LogP contribution in [0.2, 0.25) is 0 Å². The molecule has 4 rings (SSSR count). The van der Waals surface area contributed by atoms with Crippen molar-refractivity contribution in [3.63, 3.8) is 0 Å². The number of methoxy groups -OCH3 is 1. The van der Waals surface area contributed by atoms with Crippen LogP contribution >= 0.6 is 0 Å². The summed E-state index contributed by atoms with van der Waals surface area (Å²) in [6.45, 7) is 6.52. The van der Waals surface area contributed by atoms with E-state index in [4.69, 9.17) is 9.84 Å². The van der Waals surface area contributed by atoms with Gasteiger partial charge in [-0.2, -0.15) is 5.10 Å². The Morgan fingerprint density at radius 1 is 1.07 bits per heavy atom. The van der Waals surface area contributed by atoms with Crippen LogP contribution in [-0.2, 0) is 0 Å². The lowest BCUT2D eigenvalue weighted by molar-refractivity contribution is 0.384. The maximum Gasteiger partial charge on any atom is 0.125 e. The monoisotopic (exact) mass is 398 g/mol. The number of ether oxygens (including phenoxy) is 1. The zero-order valence-corrected chi connectivity index (χ0v) is 18.5. The van der Waals surface area contributed by atoms with E-state index in [2.05, 4.69) is 41.3 Å². The second-order valence-corrected chi connectivity index (χ2v) is 8.94. The van der Waals surface area contributed by atoms with Crippen LogP contribution in [0.25, 0.3) is 0 Å². The normalized spacial score (nSPS) is 21.6. The summed E-state index contributed by atoms with van der Waals surface area (Å²) in [6.07, 6.45) is 10.1. The van der Waals surface area contributed by atoms with Crippen molar-refractivity contribution in [1.29, 1.82) is 0 Å². The summed E-state index contributed by atoms with van der Waals surface area (Å²) in [5.41, 5.74) is 5.32. The van der Waals surface area contributed by atoms with Gasteiger partial charge in [-0.25, -0.2) is 0 Å². The Kier molecular flexibility index (Phi) is 6.63. The third-order valence-electron chi connectivity index (χ3n) is 6.98. The van der Waals surface area contributed by atoms with Crippen LogP contribution in [0.4, 0.5) is 5.69 Å². The molecule has 5 heteroatoms. The number of nitrogens with one attached hydrogen (secondary N) is 1. The van der Waals surface area contributed by atoms with Gasteiger partial charge in [0.15, 0.2) is 0 Å². The van der Waals surface area contributed by atoms with Gasteiger partial charge in [-0.3, -0.25) is 5.01 Å². The second kappa shape index (κ2) is 9.38. The van der Waals surface area contributed by atoms with Gasteiger partial charge in [0.1, 0.15) is 5.75 Å². The van der Waals surface area contributed by atoms with Crippen molar-refractivity contribution in [3.05, 3.63) is 23.3 Å². The van der Waals surface area contributed by atoms with Gasteiger partial charge in [-0.1, -0.05) is 26.2 Å². The molecule has 2 fully saturated rings. The molecule has 3 aliphatic rings. The Bertz CT molecular complexity index is 718. The van der Waals surface area contributed by atoms with Gasteiger partial charge in [0.2, 0.25) is 0 Å². The first-order chi connectivity index (χ1) is 14.2. The van der Waals surface area contributed by atoms with E-state index < -0.39 is 0 Å². The summed E-state index contributed by atoms with van der Waals surface area (Å²) in [4.78, 5) is 2.63. The maximum atomic E-state index is 6.01. The Morgan fingerprint density at radius 3 is 2.45 bits per heavy atom. The van der Waals surface area contributed by atoms with Crippen LogP contribution in [-0.4, -0.2) is 57.1 Å². The fourth-order valence-corrected chi connectivity index (χ4v) is 5.40. The van der Waals surface area contributed by atoms with Crippen LogP contribution in [0, 0.1) is 0 Å². The molecule has 1 aliphatic carbocycles. The lowest BCUT2D eigenvalue weighted by Crippen LogP contribution is -2.43. The first-order valence-electron chi connectivity index (χ1n) is 11.7. The molecule has 1 aromatic carbocycles. The second-order valence-electron chi connectivity index (χ2n) is 8.94. The summed E-state index contributed by atoms with van der Waals surface area (Å²) in [5.74, 6) is 1.71. The van der Waals surface area contributed by atoms with Crippen molar-refractivity contribution in [1.82, 2.24) is 10.3 Å². The van der Waals surface area contributed by atoms with E-state index in [-0.39, 0.29) is 0 Å². The highest BCUT2D eigenvalue weighted by Crippen LogP contribution is 2.44. The van der Waals surface area contributed by atoms with Gasteiger partial charge in [-0.15, -0.1) is 0 Å². The molecule has 0 radical (unpaired) electrons. The molecule has 0 bridgehead atoms. The summed E-state index contributed by atoms with van der Waals surface area (Å²) < 4.78 is 6.01. The number of benzene rings is 1. The van der Waals surface area contributed by atoms with Gasteiger partial charge in [0.05, 0.1) is 12.8 Å². The third kappa shape index (κ3) is 4.55. The van der Waals surface area contributed by atoms with Gasteiger partial charge >= 0.3 is 0 Å². The van der Waals surface area contributed by atoms with Crippen molar-refractivity contribution < 1.29 is 4.74 Å². The molecular weight excluding hydrogens is 360 g/mol. The number of piperidine rings is 1. The van der Waals surface area contributed by atoms with Gasteiger partial charge in [-0.05, 0) is 50.3 Å². The van der Waals surface area contributed by atoms with E-state index in [9.17, 15) is 0 Å². The van der Waals surface area contributed by atoms with Crippen LogP contribution < -0.4 is 15.0 Å². The van der Waals surface area contributed by atoms with Gasteiger partial charge in [0, 0.05) is 56.0 Å². The predicted octanol–water partition coefficient (Wildman–Crippen LogP) is 4.36. The number of hydrazone groups is 1. The van der Waals surface area contributed by atoms with Gasteiger partial charge in [0.25, 0.3) is 0 Å². The Labute approximate surface area is 176 Å². The quantitative estimate of drug-likeness (QED) is 0.773. The van der Waals surface area contributed by atoms with Crippen LogP contribution in [0.3, 0.4) is 0 Å². The maximum absolute atomic E-state index is 6.01. The molecule has 2 heterocycles. The standard InChI is InChI=1S/C24H38N4O/c1-4-25-20-10-14-28(15-11-20)22-16-19(21-12-13-27(2)26-21)17-23(29-3)24(22)18-8-6-5-7-9-18/h16-18,20,25H,4-15H2,1-3H3. The summed E-state index contributed by atoms with van der Waals surface area (Å²) in [6, 6.07) is 5.35. The number of hydrogen-bond acceptors (Lipinski definition) is 5. The van der Waals surface area contributed by atoms with Crippen LogP contribution in [0.15, 0.2) is 17.2 Å². The molecule has 29 heavy (non-hydrogen) atoms. The van der Waals surface area contributed by atoms with Crippen LogP contribution in [0.1, 0.15) is 75.3 Å². The largest absolute Gasteiger partial charge is 0.496 e. The molecule has 0 amide bonds. The van der Waals surface area contributed by atoms with Crippen molar-refractivity contribution >= 4 is 11.4 Å². The number of nitrogens with zero attached hydrogens (tertiary/aromatic N) is 3. The fraction of sp³-hybridized carbons (Fsp3) is 0.708. The summed E-state index contributed by atoms with van der Waals surface area (Å²) in [5, 5.41) is 10.5. The summed E-state index contributed by atoms with van der Waals surface area (Å²) >= 11 is 0. The molecular formula is C24H38N4O. The number of anilines is 1. The highest BCUT2D eigenvalue weighted by atomic mass is 16.5. The van der Waals surface area contributed by atoms with E-state index >= 15 is 0 Å². The van der Waals surface area contributed by atoms with Crippen molar-refractivity contribution in [2.45, 2.75) is 70.3 Å². The molecule has 5 nitrogen and oxygen atoms in total. The lowest BCUT2D eigenvalue weighted by atomic mass is 9.81. The minimum Gasteiger partial charge on any atom is -0.496 e. The van der Waals surface area contributed by atoms with Crippen molar-refractivity contribution in [2.24, 2.45) is 5.10 Å². The Hall–Kier alpha value is -1.75. The predicted molar refractivity (Wildman–Crippen MR) is 122 cm³/mol. The van der Waals surface area contributed by atoms with E-state index in [0.29, 0.717) is 12.0 Å². The van der Waals surface area contributed by atoms with E-state index in [0.717, 1.165) is 38.3 Å². The lowest BCUT2D eigenvalue weighted by Gasteiger charge is -2.37. The highest BCUT2D eigenvalue weighted by molar-refractivity contribution is 6.02. The molecule has 0 aromatic heterocycles. The SMILES string of the molecule is CCNC1CCN(c2cc(C3=NN(C)CC3)cc(OC)c2C2CCCCC2)CC1. The van der Waals surface area contributed by atoms with Crippen molar-refractivity contribution in [2.75, 3.05) is 45.2 Å². The van der Waals surface area contributed by atoms with Gasteiger partial charge < -0.3 is 15.0 Å². The first-order valence-corrected chi connectivity index (χ1v) is 11.7. The minimum absolute atomic E-state index is 0.627. The van der Waals surface area contributed by atoms with Crippen LogP contribution in [0.5, 0.6) is 5.75 Å². The highest BCUT2D eigenvalue weighted by Gasteiger charge is 2.29. The van der Waals surface area contributed by atoms with E-state index in [1.54, 1.807) is 0 Å². The molecule has 1 saturated carbocycles. The average molecular weight is 399 g/mol. The zero-order chi connectivity index (χ0) is 20.2. The number of hydrogen-bond donors (Lipinski definition) is 1. The summed E-state index contributed by atoms with van der Waals surface area (Å²) in [7, 11) is 3.91. The fourth-order valence-electron chi connectivity index (χ4n) is 5.40. The zero-order valence-electron chi connectivity index (χ0n) is 18.5. The molecule has 0 atom stereocenters. The topological polar surface area (TPSA) is 40.1 Å². The molecule has 0 unspecified atom stereocenters. The van der Waals surface area contributed by atoms with E-state index in [1.807, 2.05) is 7.11 Å². The molecule has 160 valence electrons. The number of rotatable bonds is 6. The molecule has 2 aliphatic heterocycles. The third-order valence-corrected chi connectivity index (χ3v) is 6.98. The first kappa shape index (κ1) is 20.5.